The van der Waals surface area contributed by atoms with Crippen molar-refractivity contribution in [2.75, 3.05) is 40.3 Å². The smallest absolute Gasteiger partial charge is 0.243 e. The van der Waals surface area contributed by atoms with E-state index >= 15 is 0 Å². The van der Waals surface area contributed by atoms with E-state index in [0.29, 0.717) is 26.2 Å². The van der Waals surface area contributed by atoms with Crippen LogP contribution in [0.15, 0.2) is 60.7 Å². The van der Waals surface area contributed by atoms with E-state index in [1.807, 2.05) is 57.1 Å². The molecule has 0 saturated heterocycles. The topological polar surface area (TPSA) is 82.7 Å². The Kier molecular flexibility index (Phi) is 12.7. The number of para-hydroxylation sites is 1. The van der Waals surface area contributed by atoms with E-state index in [0.717, 1.165) is 30.6 Å². The molecule has 2 amide bonds. The zero-order chi connectivity index (χ0) is 28.2. The predicted octanol–water partition coefficient (Wildman–Crippen LogP) is 3.81. The molecule has 3 rings (SSSR count). The van der Waals surface area contributed by atoms with Crippen molar-refractivity contribution in [3.05, 3.63) is 75.4 Å². The maximum atomic E-state index is 13.4. The Morgan fingerprint density at radius 3 is 2.56 bits per heavy atom. The van der Waals surface area contributed by atoms with Crippen LogP contribution in [0.3, 0.4) is 0 Å². The molecule has 0 fully saturated rings. The molecular weight excluding hydrogens is 603 g/mol. The largest absolute Gasteiger partial charge is 0.492 e. The Bertz CT molecular complexity index is 1100. The van der Waals surface area contributed by atoms with Crippen molar-refractivity contribution < 1.29 is 14.3 Å². The lowest BCUT2D eigenvalue weighted by Crippen LogP contribution is -2.53. The highest BCUT2D eigenvalue weighted by Gasteiger charge is 2.27. The molecule has 3 atom stereocenters. The van der Waals surface area contributed by atoms with E-state index in [-0.39, 0.29) is 29.7 Å². The van der Waals surface area contributed by atoms with Crippen LogP contribution < -0.4 is 20.7 Å². The van der Waals surface area contributed by atoms with E-state index in [4.69, 9.17) is 4.74 Å². The molecule has 1 heterocycles. The van der Waals surface area contributed by atoms with E-state index in [9.17, 15) is 9.59 Å². The first kappa shape index (κ1) is 31.1. The molecule has 2 aromatic rings. The number of likely N-dealkylation sites (N-methyl/N-ethyl adjacent to an activating group) is 1. The Hall–Kier alpha value is -2.43. The molecule has 3 N–H and O–H groups in total. The molecule has 212 valence electrons. The third-order valence-electron chi connectivity index (χ3n) is 6.76. The third-order valence-corrected chi connectivity index (χ3v) is 7.43. The highest BCUT2D eigenvalue weighted by atomic mass is 127. The molecule has 0 spiro atoms. The highest BCUT2D eigenvalue weighted by molar-refractivity contribution is 14.1. The molecule has 0 radical (unpaired) electrons. The van der Waals surface area contributed by atoms with Crippen molar-refractivity contribution in [3.63, 3.8) is 0 Å². The SMILES string of the molecule is CC(C)[C@H]1/C=C/[C@@H](Cc2cccc(I)c2)NCCOc2ccccc2CCCNC(=O)[C@H](CN(C)C)NC1=O. The van der Waals surface area contributed by atoms with E-state index in [1.165, 1.54) is 9.13 Å². The number of carbonyl (C=O) groups excluding carboxylic acids is 2. The molecule has 1 aliphatic rings. The molecule has 0 saturated carbocycles. The summed E-state index contributed by atoms with van der Waals surface area (Å²) in [5.41, 5.74) is 2.35. The Balaban J connectivity index is 1.86. The summed E-state index contributed by atoms with van der Waals surface area (Å²) in [7, 11) is 3.81. The highest BCUT2D eigenvalue weighted by Crippen LogP contribution is 2.20. The number of amides is 2. The van der Waals surface area contributed by atoms with E-state index < -0.39 is 6.04 Å². The number of fused-ring (bicyclic) bond motifs is 1. The van der Waals surface area contributed by atoms with Gasteiger partial charge in [0.05, 0.1) is 5.92 Å². The average Bonchev–Trinajstić information content (AvgIpc) is 2.88. The quantitative estimate of drug-likeness (QED) is 0.340. The number of carbonyl (C=O) groups is 2. The third kappa shape index (κ3) is 10.6. The van der Waals surface area contributed by atoms with Crippen molar-refractivity contribution in [1.82, 2.24) is 20.9 Å². The zero-order valence-electron chi connectivity index (χ0n) is 23.6. The minimum atomic E-state index is -0.628. The van der Waals surface area contributed by atoms with Crippen LogP contribution >= 0.6 is 22.6 Å². The number of aryl methyl sites for hydroxylation is 1. The molecular formula is C31H43IN4O3. The van der Waals surface area contributed by atoms with Crippen LogP contribution in [-0.2, 0) is 22.4 Å². The van der Waals surface area contributed by atoms with Crippen molar-refractivity contribution in [3.8, 4) is 5.75 Å². The first-order valence-corrected chi connectivity index (χ1v) is 14.9. The second-order valence-corrected chi connectivity index (χ2v) is 12.0. The van der Waals surface area contributed by atoms with Gasteiger partial charge in [-0.05, 0) is 91.2 Å². The predicted molar refractivity (Wildman–Crippen MR) is 166 cm³/mol. The maximum absolute atomic E-state index is 13.4. The number of benzene rings is 2. The van der Waals surface area contributed by atoms with Crippen LogP contribution in [-0.4, -0.2) is 69.1 Å². The summed E-state index contributed by atoms with van der Waals surface area (Å²) in [4.78, 5) is 28.4. The van der Waals surface area contributed by atoms with Crippen LogP contribution in [0.25, 0.3) is 0 Å². The van der Waals surface area contributed by atoms with Crippen LogP contribution in [0.5, 0.6) is 5.75 Å². The number of ether oxygens (including phenoxy) is 1. The summed E-state index contributed by atoms with van der Waals surface area (Å²) < 4.78 is 7.36. The van der Waals surface area contributed by atoms with Gasteiger partial charge in [-0.3, -0.25) is 9.59 Å². The summed E-state index contributed by atoms with van der Waals surface area (Å²) in [5, 5.41) is 9.69. The number of nitrogens with one attached hydrogen (secondary N) is 3. The number of hydrogen-bond donors (Lipinski definition) is 3. The molecule has 7 nitrogen and oxygen atoms in total. The van der Waals surface area contributed by atoms with Gasteiger partial charge in [0.1, 0.15) is 18.4 Å². The Morgan fingerprint density at radius 2 is 1.82 bits per heavy atom. The second-order valence-electron chi connectivity index (χ2n) is 10.7. The first-order chi connectivity index (χ1) is 18.7. The van der Waals surface area contributed by atoms with Gasteiger partial charge in [0, 0.05) is 29.2 Å². The van der Waals surface area contributed by atoms with Crippen LogP contribution in [0.4, 0.5) is 0 Å². The summed E-state index contributed by atoms with van der Waals surface area (Å²) in [6, 6.07) is 16.0. The lowest BCUT2D eigenvalue weighted by molar-refractivity contribution is -0.131. The number of halogens is 1. The second kappa shape index (κ2) is 16.0. The van der Waals surface area contributed by atoms with E-state index in [2.05, 4.69) is 74.9 Å². The fourth-order valence-corrected chi connectivity index (χ4v) is 5.30. The Morgan fingerprint density at radius 1 is 1.03 bits per heavy atom. The van der Waals surface area contributed by atoms with Gasteiger partial charge in [-0.25, -0.2) is 0 Å². The summed E-state index contributed by atoms with van der Waals surface area (Å²) in [5.74, 6) is 0.314. The summed E-state index contributed by atoms with van der Waals surface area (Å²) in [6.07, 6.45) is 6.46. The molecule has 1 aliphatic heterocycles. The van der Waals surface area contributed by atoms with Gasteiger partial charge in [-0.2, -0.15) is 0 Å². The number of nitrogens with zero attached hydrogens (tertiary/aromatic N) is 1. The van der Waals surface area contributed by atoms with Crippen LogP contribution in [0.2, 0.25) is 0 Å². The zero-order valence-corrected chi connectivity index (χ0v) is 25.7. The van der Waals surface area contributed by atoms with Gasteiger partial charge in [0.2, 0.25) is 11.8 Å². The minimum Gasteiger partial charge on any atom is -0.492 e. The molecule has 0 bridgehead atoms. The fraction of sp³-hybridized carbons (Fsp3) is 0.484. The maximum Gasteiger partial charge on any atom is 0.243 e. The van der Waals surface area contributed by atoms with Gasteiger partial charge < -0.3 is 25.6 Å². The van der Waals surface area contributed by atoms with Crippen molar-refractivity contribution in [2.45, 2.75) is 45.2 Å². The molecule has 39 heavy (non-hydrogen) atoms. The minimum absolute atomic E-state index is 0.0239. The Labute approximate surface area is 247 Å². The van der Waals surface area contributed by atoms with Gasteiger partial charge in [0.25, 0.3) is 0 Å². The van der Waals surface area contributed by atoms with Gasteiger partial charge in [-0.15, -0.1) is 0 Å². The van der Waals surface area contributed by atoms with Crippen LogP contribution in [0.1, 0.15) is 31.4 Å². The monoisotopic (exact) mass is 646 g/mol. The first-order valence-electron chi connectivity index (χ1n) is 13.8. The summed E-state index contributed by atoms with van der Waals surface area (Å²) >= 11 is 2.33. The fourth-order valence-electron chi connectivity index (χ4n) is 4.69. The molecule has 0 aromatic heterocycles. The normalized spacial score (nSPS) is 22.7. The van der Waals surface area contributed by atoms with Gasteiger partial charge >= 0.3 is 0 Å². The lowest BCUT2D eigenvalue weighted by atomic mass is 9.92. The average molecular weight is 647 g/mol. The number of hydrogen-bond acceptors (Lipinski definition) is 5. The van der Waals surface area contributed by atoms with Gasteiger partial charge in [0.15, 0.2) is 0 Å². The van der Waals surface area contributed by atoms with Crippen molar-refractivity contribution in [1.29, 1.82) is 0 Å². The lowest BCUT2D eigenvalue weighted by Gasteiger charge is -2.25. The molecule has 0 aliphatic carbocycles. The summed E-state index contributed by atoms with van der Waals surface area (Å²) in [6.45, 7) is 6.24. The standard InChI is InChI=1S/C31H43IN4O3/c1-22(2)27-15-14-26(20-23-9-7-12-25(32)19-23)33-17-18-39-29-13-6-5-10-24(29)11-8-16-34-31(38)28(21-36(3)4)35-30(27)37/h5-7,9-10,12-15,19,22,26-28,33H,8,11,16-18,20-21H2,1-4H3,(H,34,38)(H,35,37)/b15-14+/t26-,27+,28-/m0/s1. The number of rotatable bonds is 5. The molecule has 0 unspecified atom stereocenters. The van der Waals surface area contributed by atoms with E-state index in [1.54, 1.807) is 0 Å². The molecule has 2 aromatic carbocycles. The molecule has 8 heteroatoms. The van der Waals surface area contributed by atoms with Crippen LogP contribution in [0, 0.1) is 15.4 Å². The van der Waals surface area contributed by atoms with Crippen molar-refractivity contribution >= 4 is 34.4 Å². The van der Waals surface area contributed by atoms with Crippen molar-refractivity contribution in [2.24, 2.45) is 11.8 Å². The van der Waals surface area contributed by atoms with Gasteiger partial charge in [-0.1, -0.05) is 56.3 Å².